The molecule has 16 heteroatoms. The summed E-state index contributed by atoms with van der Waals surface area (Å²) in [4.78, 5) is 53.9. The number of nitrogens with one attached hydrogen (secondary N) is 3. The Balaban J connectivity index is 0.851. The van der Waals surface area contributed by atoms with Crippen LogP contribution in [-0.2, 0) is 20.7 Å². The number of thioether (sulfide) groups is 1. The van der Waals surface area contributed by atoms with Gasteiger partial charge in [-0.15, -0.1) is 11.8 Å². The number of hydrogen-bond acceptors (Lipinski definition) is 12. The number of ether oxygens (including phenoxy) is 1. The third-order valence-electron chi connectivity index (χ3n) is 11.3. The smallest absolute Gasteiger partial charge is 0.255 e. The van der Waals surface area contributed by atoms with E-state index < -0.39 is 13.2 Å². The number of aromatic nitrogens is 2. The summed E-state index contributed by atoms with van der Waals surface area (Å²) in [6.07, 6.45) is 7.63. The van der Waals surface area contributed by atoms with Crippen molar-refractivity contribution in [2.75, 3.05) is 68.4 Å². The number of imide groups is 1. The van der Waals surface area contributed by atoms with Crippen LogP contribution in [0, 0.1) is 0 Å². The van der Waals surface area contributed by atoms with Gasteiger partial charge >= 0.3 is 0 Å². The van der Waals surface area contributed by atoms with Crippen molar-refractivity contribution in [1.29, 1.82) is 0 Å². The summed E-state index contributed by atoms with van der Waals surface area (Å²) >= 11 is 8.26. The molecule has 4 aromatic rings. The second-order valence-corrected chi connectivity index (χ2v) is 20.4. The molecule has 0 bridgehead atoms. The van der Waals surface area contributed by atoms with Crippen molar-refractivity contribution in [3.05, 3.63) is 83.0 Å². The van der Waals surface area contributed by atoms with Gasteiger partial charge in [0.2, 0.25) is 17.8 Å². The van der Waals surface area contributed by atoms with E-state index in [9.17, 15) is 18.9 Å². The van der Waals surface area contributed by atoms with Crippen molar-refractivity contribution < 1.29 is 23.7 Å². The molecule has 0 aliphatic carbocycles. The van der Waals surface area contributed by atoms with Crippen molar-refractivity contribution in [2.24, 2.45) is 0 Å². The standard InChI is InChI=1S/C43H52ClN8O5PS/c1-50(21-8-5-9-24-59-38-14-10-11-30-31(38)27-52(42(30)55)35-17-18-39(53)48-41(35)54)28-19-22-51(23-20-28)29-15-16-33(36(25-29)57-2)47-43-45-26-32(44)40(49-43)46-34-12-6-7-13-37(34)58(3,4)56/h6-7,10-16,25-26,28,35H,5,8-9,17-24,27H2,1-4H3,(H,48,53,54)(H2,45,46,47,49). The summed E-state index contributed by atoms with van der Waals surface area (Å²) in [5.41, 5.74) is 4.17. The first kappa shape index (κ1) is 42.5. The minimum absolute atomic E-state index is 0.128. The van der Waals surface area contributed by atoms with Crippen LogP contribution in [0.5, 0.6) is 5.75 Å². The summed E-state index contributed by atoms with van der Waals surface area (Å²) in [6.45, 7) is 6.82. The van der Waals surface area contributed by atoms with Crippen LogP contribution in [0.25, 0.3) is 0 Å². The van der Waals surface area contributed by atoms with E-state index in [2.05, 4.69) is 54.9 Å². The lowest BCUT2D eigenvalue weighted by Gasteiger charge is -2.38. The van der Waals surface area contributed by atoms with Gasteiger partial charge in [-0.3, -0.25) is 19.7 Å². The predicted molar refractivity (Wildman–Crippen MR) is 237 cm³/mol. The summed E-state index contributed by atoms with van der Waals surface area (Å²) in [6, 6.07) is 19.3. The van der Waals surface area contributed by atoms with E-state index in [1.54, 1.807) is 37.1 Å². The van der Waals surface area contributed by atoms with E-state index in [1.807, 2.05) is 48.5 Å². The molecular formula is C43H52ClN8O5PS. The number of para-hydroxylation sites is 1. The zero-order chi connectivity index (χ0) is 41.7. The molecule has 0 saturated carbocycles. The number of hydrogen-bond donors (Lipinski definition) is 3. The van der Waals surface area contributed by atoms with Crippen LogP contribution in [-0.4, -0.2) is 102 Å². The highest BCUT2D eigenvalue weighted by atomic mass is 35.5. The van der Waals surface area contributed by atoms with E-state index in [0.717, 1.165) is 84.6 Å². The molecule has 3 aliphatic heterocycles. The first-order valence-corrected chi connectivity index (χ1v) is 24.1. The largest absolute Gasteiger partial charge is 0.494 e. The van der Waals surface area contributed by atoms with Gasteiger partial charge in [0.15, 0.2) is 5.82 Å². The summed E-state index contributed by atoms with van der Waals surface area (Å²) < 4.78 is 18.7. The Morgan fingerprint density at radius 1 is 0.983 bits per heavy atom. The van der Waals surface area contributed by atoms with Crippen LogP contribution in [0.15, 0.2) is 71.8 Å². The fourth-order valence-corrected chi connectivity index (χ4v) is 10.4. The number of fused-ring (bicyclic) bond motifs is 1. The van der Waals surface area contributed by atoms with Crippen molar-refractivity contribution in [3.63, 3.8) is 0 Å². The van der Waals surface area contributed by atoms with Gasteiger partial charge < -0.3 is 34.6 Å². The first-order valence-electron chi connectivity index (χ1n) is 20.1. The van der Waals surface area contributed by atoms with Gasteiger partial charge in [0.1, 0.15) is 24.0 Å². The number of carbonyl (C=O) groups is 3. The molecule has 1 atom stereocenters. The van der Waals surface area contributed by atoms with Crippen LogP contribution >= 0.6 is 30.5 Å². The molecule has 3 N–H and O–H groups in total. The maximum atomic E-state index is 13.2. The van der Waals surface area contributed by atoms with Crippen LogP contribution in [0.3, 0.4) is 0 Å². The number of rotatable bonds is 16. The van der Waals surface area contributed by atoms with Gasteiger partial charge in [0.25, 0.3) is 5.91 Å². The molecule has 7 rings (SSSR count). The van der Waals surface area contributed by atoms with E-state index in [0.29, 0.717) is 52.8 Å². The van der Waals surface area contributed by atoms with E-state index in [1.165, 1.54) is 6.20 Å². The van der Waals surface area contributed by atoms with E-state index in [4.69, 9.17) is 16.3 Å². The molecule has 2 saturated heterocycles. The summed E-state index contributed by atoms with van der Waals surface area (Å²) in [7, 11) is 1.34. The van der Waals surface area contributed by atoms with E-state index in [-0.39, 0.29) is 24.1 Å². The number of piperidine rings is 2. The third kappa shape index (κ3) is 10.1. The van der Waals surface area contributed by atoms with Crippen molar-refractivity contribution >= 4 is 82.4 Å². The second kappa shape index (κ2) is 18.8. The number of halogens is 1. The Bertz CT molecular complexity index is 2250. The Kier molecular flexibility index (Phi) is 13.5. The molecule has 312 valence electrons. The highest BCUT2D eigenvalue weighted by Crippen LogP contribution is 2.39. The number of benzene rings is 3. The Hall–Kier alpha value is -4.62. The molecule has 0 spiro atoms. The van der Waals surface area contributed by atoms with Crippen molar-refractivity contribution in [2.45, 2.75) is 68.5 Å². The van der Waals surface area contributed by atoms with Gasteiger partial charge in [0, 0.05) is 59.6 Å². The van der Waals surface area contributed by atoms with E-state index >= 15 is 0 Å². The lowest BCUT2D eigenvalue weighted by Crippen LogP contribution is -2.52. The minimum atomic E-state index is -2.55. The Labute approximate surface area is 355 Å². The van der Waals surface area contributed by atoms with Gasteiger partial charge in [0.05, 0.1) is 24.7 Å². The zero-order valence-electron chi connectivity index (χ0n) is 34.0. The number of amides is 3. The zero-order valence-corrected chi connectivity index (χ0v) is 36.5. The first-order chi connectivity index (χ1) is 28.4. The average molecular weight is 859 g/mol. The third-order valence-corrected chi connectivity index (χ3v) is 14.3. The molecule has 4 heterocycles. The number of anilines is 5. The van der Waals surface area contributed by atoms with Crippen LogP contribution < -0.4 is 30.9 Å². The van der Waals surface area contributed by atoms with Crippen LogP contribution in [0.1, 0.15) is 60.9 Å². The number of carbonyl (C=O) groups excluding carboxylic acids is 3. The topological polar surface area (TPSA) is 149 Å². The highest BCUT2D eigenvalue weighted by molar-refractivity contribution is 7.99. The molecule has 3 amide bonds. The van der Waals surface area contributed by atoms with Crippen molar-refractivity contribution in [1.82, 2.24) is 25.1 Å². The Morgan fingerprint density at radius 3 is 2.54 bits per heavy atom. The maximum absolute atomic E-state index is 13.2. The quantitative estimate of drug-likeness (QED) is 0.0444. The molecule has 1 unspecified atom stereocenters. The lowest BCUT2D eigenvalue weighted by molar-refractivity contribution is -0.136. The maximum Gasteiger partial charge on any atom is 0.255 e. The van der Waals surface area contributed by atoms with Gasteiger partial charge in [-0.05, 0) is 107 Å². The molecule has 0 radical (unpaired) electrons. The highest BCUT2D eigenvalue weighted by Gasteiger charge is 2.40. The average Bonchev–Trinajstić information content (AvgIpc) is 3.56. The Morgan fingerprint density at radius 2 is 1.78 bits per heavy atom. The number of methoxy groups -OCH3 is 1. The molecule has 59 heavy (non-hydrogen) atoms. The molecule has 13 nitrogen and oxygen atoms in total. The monoisotopic (exact) mass is 858 g/mol. The normalized spacial score (nSPS) is 17.3. The SMILES string of the molecule is COc1cc(N2CCC(N(C)CCCCCSc3cccc4c3CN(C3CCC(=O)NC3=O)C4=O)CC2)ccc1Nc1ncc(Cl)c(Nc2ccccc2P(C)(C)=O)n1. The fraction of sp³-hybridized carbons (Fsp3) is 0.419. The second-order valence-electron chi connectivity index (χ2n) is 15.7. The summed E-state index contributed by atoms with van der Waals surface area (Å²) in [5, 5.41) is 9.97. The minimum Gasteiger partial charge on any atom is -0.494 e. The molecule has 2 fully saturated rings. The van der Waals surface area contributed by atoms with Gasteiger partial charge in [-0.1, -0.05) is 36.2 Å². The summed E-state index contributed by atoms with van der Waals surface area (Å²) in [5.74, 6) is 1.60. The molecule has 3 aliphatic rings. The van der Waals surface area contributed by atoms with Crippen LogP contribution in [0.2, 0.25) is 5.02 Å². The van der Waals surface area contributed by atoms with Gasteiger partial charge in [-0.2, -0.15) is 4.98 Å². The van der Waals surface area contributed by atoms with Gasteiger partial charge in [-0.25, -0.2) is 4.98 Å². The molecular weight excluding hydrogens is 807 g/mol. The lowest BCUT2D eigenvalue weighted by atomic mass is 10.0. The van der Waals surface area contributed by atoms with Crippen molar-refractivity contribution in [3.8, 4) is 5.75 Å². The predicted octanol–water partition coefficient (Wildman–Crippen LogP) is 7.50. The number of nitrogens with zero attached hydrogens (tertiary/aromatic N) is 5. The molecule has 3 aromatic carbocycles. The molecule has 1 aromatic heterocycles. The van der Waals surface area contributed by atoms with Crippen LogP contribution in [0.4, 0.5) is 28.8 Å². The number of unbranched alkanes of at least 4 members (excludes halogenated alkanes) is 2. The fourth-order valence-electron chi connectivity index (χ4n) is 8.05.